The van der Waals surface area contributed by atoms with Crippen LogP contribution >= 0.6 is 0 Å². The van der Waals surface area contributed by atoms with Gasteiger partial charge < -0.3 is 14.8 Å². The van der Waals surface area contributed by atoms with Crippen molar-refractivity contribution in [1.82, 2.24) is 5.32 Å². The van der Waals surface area contributed by atoms with Crippen LogP contribution < -0.4 is 14.8 Å². The van der Waals surface area contributed by atoms with E-state index in [4.69, 9.17) is 9.47 Å². The van der Waals surface area contributed by atoms with Gasteiger partial charge >= 0.3 is 0 Å². The quantitative estimate of drug-likeness (QED) is 0.937. The molecule has 0 saturated heterocycles. The Hall–Kier alpha value is -2.07. The van der Waals surface area contributed by atoms with E-state index in [1.54, 1.807) is 12.1 Å². The van der Waals surface area contributed by atoms with Gasteiger partial charge in [-0.05, 0) is 30.3 Å². The first-order chi connectivity index (χ1) is 10.2. The monoisotopic (exact) mass is 287 g/mol. The first kappa shape index (κ1) is 13.9. The lowest BCUT2D eigenvalue weighted by Gasteiger charge is -2.20. The predicted molar refractivity (Wildman–Crippen MR) is 79.5 cm³/mol. The van der Waals surface area contributed by atoms with Crippen LogP contribution in [0.5, 0.6) is 11.5 Å². The van der Waals surface area contributed by atoms with Crippen LogP contribution in [0.4, 0.5) is 4.39 Å². The molecule has 2 aromatic rings. The van der Waals surface area contributed by atoms with E-state index >= 15 is 0 Å². The highest BCUT2D eigenvalue weighted by Gasteiger charge is 2.23. The Kier molecular flexibility index (Phi) is 3.80. The Labute approximate surface area is 123 Å². The normalized spacial score (nSPS) is 14.4. The highest BCUT2D eigenvalue weighted by Crippen LogP contribution is 2.37. The molecule has 0 bridgehead atoms. The van der Waals surface area contributed by atoms with Crippen molar-refractivity contribution in [3.05, 3.63) is 58.9 Å². The van der Waals surface area contributed by atoms with Gasteiger partial charge in [-0.3, -0.25) is 0 Å². The first-order valence-corrected chi connectivity index (χ1v) is 7.00. The fourth-order valence-corrected chi connectivity index (χ4v) is 2.83. The molecule has 0 radical (unpaired) electrons. The Balaban J connectivity index is 2.05. The summed E-state index contributed by atoms with van der Waals surface area (Å²) in [7, 11) is 3.36. The molecule has 3 nitrogen and oxygen atoms in total. The summed E-state index contributed by atoms with van der Waals surface area (Å²) in [6.07, 6.45) is 0.937. The van der Waals surface area contributed by atoms with Gasteiger partial charge in [-0.15, -0.1) is 0 Å². The number of benzene rings is 2. The highest BCUT2D eigenvalue weighted by molar-refractivity contribution is 5.49. The number of methoxy groups -OCH3 is 1. The number of rotatable bonds is 4. The van der Waals surface area contributed by atoms with Gasteiger partial charge in [0, 0.05) is 12.0 Å². The molecule has 2 aromatic carbocycles. The minimum absolute atomic E-state index is 0.0625. The number of halogens is 1. The third-order valence-electron chi connectivity index (χ3n) is 3.85. The molecule has 0 amide bonds. The zero-order valence-electron chi connectivity index (χ0n) is 12.2. The summed E-state index contributed by atoms with van der Waals surface area (Å²) < 4.78 is 24.4. The Morgan fingerprint density at radius 2 is 2.14 bits per heavy atom. The fraction of sp³-hybridized carbons (Fsp3) is 0.294. The van der Waals surface area contributed by atoms with E-state index in [1.165, 1.54) is 18.7 Å². The largest absolute Gasteiger partial charge is 0.494 e. The van der Waals surface area contributed by atoms with Crippen LogP contribution in [0.3, 0.4) is 0 Å². The van der Waals surface area contributed by atoms with E-state index in [-0.39, 0.29) is 17.6 Å². The molecule has 0 aromatic heterocycles. The molecule has 1 N–H and O–H groups in total. The van der Waals surface area contributed by atoms with Crippen LogP contribution in [-0.4, -0.2) is 20.8 Å². The van der Waals surface area contributed by atoms with Crippen molar-refractivity contribution in [3.8, 4) is 11.5 Å². The van der Waals surface area contributed by atoms with Crippen LogP contribution in [0.15, 0.2) is 36.4 Å². The van der Waals surface area contributed by atoms with E-state index in [2.05, 4.69) is 11.4 Å². The molecule has 0 spiro atoms. The van der Waals surface area contributed by atoms with Crippen LogP contribution in [0.25, 0.3) is 0 Å². The topological polar surface area (TPSA) is 30.5 Å². The number of hydrogen-bond acceptors (Lipinski definition) is 3. The fourth-order valence-electron chi connectivity index (χ4n) is 2.83. The van der Waals surface area contributed by atoms with Crippen molar-refractivity contribution >= 4 is 0 Å². The molecule has 21 heavy (non-hydrogen) atoms. The standard InChI is InChI=1S/C17H18FNO2/c1-19-16(12-6-7-14(18)15(10-12)20-2)13-5-3-4-11-8-9-21-17(11)13/h3-7,10,16,19H,8-9H2,1-2H3. The SMILES string of the molecule is CNC(c1ccc(F)c(OC)c1)c1cccc2c1OCC2. The lowest BCUT2D eigenvalue weighted by atomic mass is 9.95. The zero-order chi connectivity index (χ0) is 14.8. The molecule has 1 atom stereocenters. The van der Waals surface area contributed by atoms with Crippen LogP contribution in [-0.2, 0) is 6.42 Å². The summed E-state index contributed by atoms with van der Waals surface area (Å²) in [5.74, 6) is 0.840. The van der Waals surface area contributed by atoms with Crippen molar-refractivity contribution in [2.45, 2.75) is 12.5 Å². The summed E-state index contributed by atoms with van der Waals surface area (Å²) >= 11 is 0. The minimum atomic E-state index is -0.356. The highest BCUT2D eigenvalue weighted by atomic mass is 19.1. The predicted octanol–water partition coefficient (Wildman–Crippen LogP) is 3.08. The Morgan fingerprint density at radius 1 is 1.29 bits per heavy atom. The van der Waals surface area contributed by atoms with Gasteiger partial charge in [-0.25, -0.2) is 4.39 Å². The van der Waals surface area contributed by atoms with Crippen LogP contribution in [0.1, 0.15) is 22.7 Å². The van der Waals surface area contributed by atoms with Crippen molar-refractivity contribution < 1.29 is 13.9 Å². The first-order valence-electron chi connectivity index (χ1n) is 7.00. The lowest BCUT2D eigenvalue weighted by Crippen LogP contribution is -2.18. The van der Waals surface area contributed by atoms with Crippen molar-refractivity contribution in [2.75, 3.05) is 20.8 Å². The third kappa shape index (κ3) is 2.47. The number of ether oxygens (including phenoxy) is 2. The van der Waals surface area contributed by atoms with Gasteiger partial charge in [-0.1, -0.05) is 24.3 Å². The molecule has 4 heteroatoms. The average Bonchev–Trinajstić information content (AvgIpc) is 2.99. The molecule has 1 aliphatic heterocycles. The summed E-state index contributed by atoms with van der Waals surface area (Å²) in [5, 5.41) is 3.28. The van der Waals surface area contributed by atoms with E-state index in [0.717, 1.165) is 29.9 Å². The van der Waals surface area contributed by atoms with Gasteiger partial charge in [0.15, 0.2) is 11.6 Å². The molecule has 1 heterocycles. The van der Waals surface area contributed by atoms with Gasteiger partial charge in [-0.2, -0.15) is 0 Å². The molecular formula is C17H18FNO2. The Morgan fingerprint density at radius 3 is 2.90 bits per heavy atom. The number of fused-ring (bicyclic) bond motifs is 1. The van der Waals surface area contributed by atoms with Crippen molar-refractivity contribution in [1.29, 1.82) is 0 Å². The summed E-state index contributed by atoms with van der Waals surface area (Å²) in [4.78, 5) is 0. The van der Waals surface area contributed by atoms with E-state index in [1.807, 2.05) is 19.2 Å². The number of nitrogens with one attached hydrogen (secondary N) is 1. The second kappa shape index (κ2) is 5.74. The second-order valence-corrected chi connectivity index (χ2v) is 5.05. The Bertz CT molecular complexity index is 657. The van der Waals surface area contributed by atoms with Gasteiger partial charge in [0.2, 0.25) is 0 Å². The summed E-state index contributed by atoms with van der Waals surface area (Å²) in [6, 6.07) is 11.0. The average molecular weight is 287 g/mol. The molecule has 1 unspecified atom stereocenters. The maximum absolute atomic E-state index is 13.6. The maximum Gasteiger partial charge on any atom is 0.165 e. The van der Waals surface area contributed by atoms with Gasteiger partial charge in [0.25, 0.3) is 0 Å². The number of para-hydroxylation sites is 1. The third-order valence-corrected chi connectivity index (χ3v) is 3.85. The van der Waals surface area contributed by atoms with E-state index < -0.39 is 0 Å². The van der Waals surface area contributed by atoms with Crippen molar-refractivity contribution in [3.63, 3.8) is 0 Å². The zero-order valence-corrected chi connectivity index (χ0v) is 12.2. The van der Waals surface area contributed by atoms with E-state index in [0.29, 0.717) is 0 Å². The summed E-state index contributed by atoms with van der Waals surface area (Å²) in [5.41, 5.74) is 3.24. The minimum Gasteiger partial charge on any atom is -0.494 e. The summed E-state index contributed by atoms with van der Waals surface area (Å²) in [6.45, 7) is 0.718. The smallest absolute Gasteiger partial charge is 0.165 e. The number of hydrogen-bond donors (Lipinski definition) is 1. The van der Waals surface area contributed by atoms with Gasteiger partial charge in [0.05, 0.1) is 19.8 Å². The van der Waals surface area contributed by atoms with Crippen LogP contribution in [0.2, 0.25) is 0 Å². The van der Waals surface area contributed by atoms with E-state index in [9.17, 15) is 4.39 Å². The van der Waals surface area contributed by atoms with Gasteiger partial charge in [0.1, 0.15) is 5.75 Å². The molecule has 110 valence electrons. The molecular weight excluding hydrogens is 269 g/mol. The van der Waals surface area contributed by atoms with Crippen molar-refractivity contribution in [2.24, 2.45) is 0 Å². The molecule has 1 aliphatic rings. The maximum atomic E-state index is 13.6. The molecule has 0 fully saturated rings. The molecule has 3 rings (SSSR count). The molecule has 0 aliphatic carbocycles. The van der Waals surface area contributed by atoms with Crippen LogP contribution in [0, 0.1) is 5.82 Å². The second-order valence-electron chi connectivity index (χ2n) is 5.05. The lowest BCUT2D eigenvalue weighted by molar-refractivity contribution is 0.351. The molecule has 0 saturated carbocycles.